The van der Waals surface area contributed by atoms with Gasteiger partial charge in [0.15, 0.2) is 11.5 Å². The van der Waals surface area contributed by atoms with Gasteiger partial charge in [-0.05, 0) is 37.7 Å². The van der Waals surface area contributed by atoms with Gasteiger partial charge in [-0.2, -0.15) is 0 Å². The van der Waals surface area contributed by atoms with Gasteiger partial charge in [0.2, 0.25) is 0 Å². The Hall–Kier alpha value is -1.55. The molecule has 0 spiro atoms. The minimum Gasteiger partial charge on any atom is -0.360 e. The molecule has 1 aliphatic rings. The average Bonchev–Trinajstić information content (AvgIpc) is 3.16. The summed E-state index contributed by atoms with van der Waals surface area (Å²) >= 11 is 1.66. The summed E-state index contributed by atoms with van der Waals surface area (Å²) in [7, 11) is 0. The second-order valence-electron chi connectivity index (χ2n) is 4.89. The number of carbonyl (C=O) groups excluding carboxylic acids is 1. The molecule has 0 amide bonds. The van der Waals surface area contributed by atoms with E-state index in [-0.39, 0.29) is 5.78 Å². The van der Waals surface area contributed by atoms with Crippen LogP contribution in [0.2, 0.25) is 0 Å². The van der Waals surface area contributed by atoms with Crippen molar-refractivity contribution < 1.29 is 9.32 Å². The monoisotopic (exact) mass is 273 g/mol. The molecule has 1 saturated carbocycles. The van der Waals surface area contributed by atoms with Crippen LogP contribution in [0.25, 0.3) is 0 Å². The fourth-order valence-electron chi connectivity index (χ4n) is 2.18. The number of nitrogens with zero attached hydrogens (tertiary/aromatic N) is 1. The minimum absolute atomic E-state index is 0.0125. The number of thioether (sulfide) groups is 1. The summed E-state index contributed by atoms with van der Waals surface area (Å²) < 4.78 is 5.24. The van der Waals surface area contributed by atoms with Gasteiger partial charge in [-0.1, -0.05) is 17.3 Å². The molecule has 98 valence electrons. The van der Waals surface area contributed by atoms with Crippen LogP contribution in [-0.2, 0) is 0 Å². The minimum atomic E-state index is 0.0125. The summed E-state index contributed by atoms with van der Waals surface area (Å²) in [5.74, 6) is 1.17. The lowest BCUT2D eigenvalue weighted by atomic mass is 10.0. The number of hydrogen-bond acceptors (Lipinski definition) is 4. The lowest BCUT2D eigenvalue weighted by Crippen LogP contribution is -2.03. The van der Waals surface area contributed by atoms with Gasteiger partial charge in [0.05, 0.1) is 11.8 Å². The predicted octanol–water partition coefficient (Wildman–Crippen LogP) is 3.81. The summed E-state index contributed by atoms with van der Waals surface area (Å²) in [6.45, 7) is 2.05. The van der Waals surface area contributed by atoms with Crippen LogP contribution in [0.3, 0.4) is 0 Å². The summed E-state index contributed by atoms with van der Waals surface area (Å²) in [5, 5.41) is 3.79. The Kier molecular flexibility index (Phi) is 3.19. The van der Waals surface area contributed by atoms with Crippen LogP contribution in [0.5, 0.6) is 0 Å². The molecule has 0 saturated heterocycles. The number of aryl methyl sites for hydroxylation is 1. The molecule has 1 aromatic heterocycles. The topological polar surface area (TPSA) is 43.1 Å². The normalized spacial score (nSPS) is 14.6. The maximum Gasteiger partial charge on any atom is 0.198 e. The number of ketones is 1. The van der Waals surface area contributed by atoms with Crippen LogP contribution >= 0.6 is 11.8 Å². The Morgan fingerprint density at radius 3 is 2.89 bits per heavy atom. The van der Waals surface area contributed by atoms with E-state index >= 15 is 0 Å². The lowest BCUT2D eigenvalue weighted by Gasteiger charge is -2.05. The van der Waals surface area contributed by atoms with E-state index in [9.17, 15) is 4.79 Å². The van der Waals surface area contributed by atoms with Crippen molar-refractivity contribution in [1.29, 1.82) is 0 Å². The molecule has 1 heterocycles. The zero-order valence-electron chi connectivity index (χ0n) is 11.0. The fourth-order valence-corrected chi connectivity index (χ4v) is 2.81. The van der Waals surface area contributed by atoms with Gasteiger partial charge in [-0.25, -0.2) is 0 Å². The van der Waals surface area contributed by atoms with E-state index in [1.807, 2.05) is 24.5 Å². The van der Waals surface area contributed by atoms with Crippen LogP contribution in [-0.4, -0.2) is 17.2 Å². The first-order valence-corrected chi connectivity index (χ1v) is 7.57. The van der Waals surface area contributed by atoms with Gasteiger partial charge < -0.3 is 4.52 Å². The van der Waals surface area contributed by atoms with Crippen molar-refractivity contribution in [3.05, 3.63) is 46.8 Å². The first-order chi connectivity index (χ1) is 9.20. The van der Waals surface area contributed by atoms with E-state index in [1.165, 1.54) is 5.56 Å². The van der Waals surface area contributed by atoms with Crippen LogP contribution < -0.4 is 0 Å². The molecular weight excluding hydrogens is 258 g/mol. The SMILES string of the molecule is CSc1cc(C(=O)c2cnoc2C2CC2)ccc1C. The third kappa shape index (κ3) is 2.32. The maximum atomic E-state index is 12.5. The highest BCUT2D eigenvalue weighted by atomic mass is 32.2. The molecule has 2 aromatic rings. The average molecular weight is 273 g/mol. The molecule has 0 aliphatic heterocycles. The largest absolute Gasteiger partial charge is 0.360 e. The van der Waals surface area contributed by atoms with Gasteiger partial charge in [0.1, 0.15) is 0 Å². The highest BCUT2D eigenvalue weighted by Gasteiger charge is 2.32. The van der Waals surface area contributed by atoms with E-state index < -0.39 is 0 Å². The van der Waals surface area contributed by atoms with Crippen molar-refractivity contribution in [2.45, 2.75) is 30.6 Å². The van der Waals surface area contributed by atoms with Crippen molar-refractivity contribution in [2.75, 3.05) is 6.26 Å². The molecule has 0 N–H and O–H groups in total. The second-order valence-corrected chi connectivity index (χ2v) is 5.74. The van der Waals surface area contributed by atoms with Crippen molar-refractivity contribution in [3.8, 4) is 0 Å². The third-order valence-electron chi connectivity index (χ3n) is 3.46. The highest BCUT2D eigenvalue weighted by molar-refractivity contribution is 7.98. The molecule has 0 unspecified atom stereocenters. The number of rotatable bonds is 4. The molecule has 3 nitrogen and oxygen atoms in total. The van der Waals surface area contributed by atoms with Crippen molar-refractivity contribution >= 4 is 17.5 Å². The maximum absolute atomic E-state index is 12.5. The molecule has 3 rings (SSSR count). The highest BCUT2D eigenvalue weighted by Crippen LogP contribution is 2.42. The standard InChI is InChI=1S/C15H15NO2S/c1-9-3-4-11(7-13(9)19-2)14(17)12-8-16-18-15(12)10-5-6-10/h3-4,7-8,10H,5-6H2,1-2H3. The van der Waals surface area contributed by atoms with Gasteiger partial charge in [0.25, 0.3) is 0 Å². The molecule has 1 aliphatic carbocycles. The summed E-state index contributed by atoms with van der Waals surface area (Å²) in [4.78, 5) is 13.7. The molecule has 0 radical (unpaired) electrons. The molecule has 1 fully saturated rings. The third-order valence-corrected chi connectivity index (χ3v) is 4.34. The van der Waals surface area contributed by atoms with Crippen molar-refractivity contribution in [1.82, 2.24) is 5.16 Å². The molecule has 4 heteroatoms. The predicted molar refractivity (Wildman–Crippen MR) is 74.9 cm³/mol. The van der Waals surface area contributed by atoms with Crippen LogP contribution in [0, 0.1) is 6.92 Å². The van der Waals surface area contributed by atoms with Gasteiger partial charge in [0, 0.05) is 16.4 Å². The van der Waals surface area contributed by atoms with Crippen molar-refractivity contribution in [2.24, 2.45) is 0 Å². The van der Waals surface area contributed by atoms with Crippen molar-refractivity contribution in [3.63, 3.8) is 0 Å². The fraction of sp³-hybridized carbons (Fsp3) is 0.333. The molecular formula is C15H15NO2S. The first-order valence-electron chi connectivity index (χ1n) is 6.34. The van der Waals surface area contributed by atoms with E-state index in [1.54, 1.807) is 18.0 Å². The summed E-state index contributed by atoms with van der Waals surface area (Å²) in [6.07, 6.45) is 5.76. The van der Waals surface area contributed by atoms with E-state index in [2.05, 4.69) is 12.1 Å². The van der Waals surface area contributed by atoms with Gasteiger partial charge >= 0.3 is 0 Å². The summed E-state index contributed by atoms with van der Waals surface area (Å²) in [5.41, 5.74) is 2.52. The number of benzene rings is 1. The zero-order chi connectivity index (χ0) is 13.4. The number of aromatic nitrogens is 1. The van der Waals surface area contributed by atoms with Gasteiger partial charge in [-0.15, -0.1) is 11.8 Å². The van der Waals surface area contributed by atoms with Crippen LogP contribution in [0.4, 0.5) is 0 Å². The number of hydrogen-bond donors (Lipinski definition) is 0. The molecule has 19 heavy (non-hydrogen) atoms. The van der Waals surface area contributed by atoms with Crippen LogP contribution in [0.15, 0.2) is 33.8 Å². The van der Waals surface area contributed by atoms with E-state index in [4.69, 9.17) is 4.52 Å². The number of carbonyl (C=O) groups is 1. The molecule has 0 bridgehead atoms. The Morgan fingerprint density at radius 2 is 2.21 bits per heavy atom. The quantitative estimate of drug-likeness (QED) is 0.627. The second kappa shape index (κ2) is 4.85. The Morgan fingerprint density at radius 1 is 1.42 bits per heavy atom. The Labute approximate surface area is 116 Å². The van der Waals surface area contributed by atoms with E-state index in [0.717, 1.165) is 23.5 Å². The summed E-state index contributed by atoms with van der Waals surface area (Å²) in [6, 6.07) is 5.82. The smallest absolute Gasteiger partial charge is 0.198 e. The van der Waals surface area contributed by atoms with E-state index in [0.29, 0.717) is 17.0 Å². The first kappa shape index (κ1) is 12.5. The molecule has 1 aromatic carbocycles. The zero-order valence-corrected chi connectivity index (χ0v) is 11.8. The Balaban J connectivity index is 1.97. The lowest BCUT2D eigenvalue weighted by molar-refractivity contribution is 0.103. The Bertz CT molecular complexity index is 629. The molecule has 0 atom stereocenters. The van der Waals surface area contributed by atoms with Crippen LogP contribution in [0.1, 0.15) is 46.0 Å². The van der Waals surface area contributed by atoms with Gasteiger partial charge in [-0.3, -0.25) is 4.79 Å².